The van der Waals surface area contributed by atoms with Crippen LogP contribution in [0.25, 0.3) is 0 Å². The van der Waals surface area contributed by atoms with Crippen molar-refractivity contribution in [1.82, 2.24) is 4.57 Å². The Balaban J connectivity index is 1.90. The number of aryl methyl sites for hydroxylation is 1. The Hall–Kier alpha value is -3.40. The van der Waals surface area contributed by atoms with E-state index in [1.54, 1.807) is 55.0 Å². The number of methoxy groups -OCH3 is 1. The van der Waals surface area contributed by atoms with E-state index >= 15 is 0 Å². The first-order valence-electron chi connectivity index (χ1n) is 9.73. The molecule has 32 heavy (non-hydrogen) atoms. The highest BCUT2D eigenvalue weighted by Gasteiger charge is 2.34. The second-order valence-corrected chi connectivity index (χ2v) is 8.23. The van der Waals surface area contributed by atoms with E-state index in [2.05, 4.69) is 6.07 Å². The maximum atomic E-state index is 13.7. The Morgan fingerprint density at radius 1 is 1.19 bits per heavy atom. The van der Waals surface area contributed by atoms with Crippen LogP contribution in [0.5, 0.6) is 11.5 Å². The maximum absolute atomic E-state index is 13.7. The molecule has 3 aromatic rings. The minimum absolute atomic E-state index is 0.0156. The molecule has 0 unspecified atom stereocenters. The smallest absolute Gasteiger partial charge is 0.259 e. The van der Waals surface area contributed by atoms with Gasteiger partial charge in [-0.15, -0.1) is 0 Å². The predicted octanol–water partition coefficient (Wildman–Crippen LogP) is 4.74. The predicted molar refractivity (Wildman–Crippen MR) is 123 cm³/mol. The van der Waals surface area contributed by atoms with Gasteiger partial charge in [0.25, 0.3) is 5.56 Å². The molecular formula is C24H19Cl2N3O3. The van der Waals surface area contributed by atoms with E-state index in [0.29, 0.717) is 32.8 Å². The number of aromatic nitrogens is 1. The van der Waals surface area contributed by atoms with E-state index in [4.69, 9.17) is 38.4 Å². The minimum atomic E-state index is -0.672. The van der Waals surface area contributed by atoms with Crippen molar-refractivity contribution in [2.75, 3.05) is 7.11 Å². The molecule has 4 rings (SSSR count). The Morgan fingerprint density at radius 3 is 2.53 bits per heavy atom. The number of hydrogen-bond acceptors (Lipinski definition) is 5. The number of allylic oxidation sites excluding steroid dienone is 1. The normalized spacial score (nSPS) is 15.0. The zero-order chi connectivity index (χ0) is 23.0. The van der Waals surface area contributed by atoms with Crippen molar-refractivity contribution < 1.29 is 9.47 Å². The molecule has 2 aromatic carbocycles. The van der Waals surface area contributed by atoms with Gasteiger partial charge in [-0.25, -0.2) is 0 Å². The molecule has 0 radical (unpaired) electrons. The number of halogens is 2. The fourth-order valence-electron chi connectivity index (χ4n) is 3.83. The molecular weight excluding hydrogens is 449 g/mol. The standard InChI is InChI=1S/C24H19Cl2N3O3/c1-13-9-20-22(24(30)29(13)12-15-3-6-16(25)10-19(15)26)21(18(11-27)23(28)32-20)14-4-7-17(31-2)8-5-14/h3-10,21H,12,28H2,1-2H3/t21-/m0/s1. The zero-order valence-corrected chi connectivity index (χ0v) is 18.9. The van der Waals surface area contributed by atoms with Gasteiger partial charge in [0.1, 0.15) is 23.1 Å². The van der Waals surface area contributed by atoms with E-state index in [9.17, 15) is 10.1 Å². The van der Waals surface area contributed by atoms with Gasteiger partial charge in [-0.2, -0.15) is 5.26 Å². The summed E-state index contributed by atoms with van der Waals surface area (Å²) < 4.78 is 12.5. The third-order valence-electron chi connectivity index (χ3n) is 5.48. The van der Waals surface area contributed by atoms with Crippen LogP contribution in [-0.2, 0) is 6.54 Å². The second-order valence-electron chi connectivity index (χ2n) is 7.39. The van der Waals surface area contributed by atoms with E-state index in [-0.39, 0.29) is 23.6 Å². The number of fused-ring (bicyclic) bond motifs is 1. The molecule has 6 nitrogen and oxygen atoms in total. The van der Waals surface area contributed by atoms with Crippen molar-refractivity contribution in [3.63, 3.8) is 0 Å². The zero-order valence-electron chi connectivity index (χ0n) is 17.4. The molecule has 162 valence electrons. The molecule has 1 aliphatic heterocycles. The van der Waals surface area contributed by atoms with Gasteiger partial charge in [0.2, 0.25) is 5.88 Å². The Morgan fingerprint density at radius 2 is 1.91 bits per heavy atom. The monoisotopic (exact) mass is 467 g/mol. The largest absolute Gasteiger partial charge is 0.497 e. The Kier molecular flexibility index (Phi) is 5.88. The first-order chi connectivity index (χ1) is 15.3. The fourth-order valence-corrected chi connectivity index (χ4v) is 4.30. The molecule has 0 fully saturated rings. The highest BCUT2D eigenvalue weighted by molar-refractivity contribution is 6.35. The number of pyridine rings is 1. The lowest BCUT2D eigenvalue weighted by atomic mass is 9.84. The van der Waals surface area contributed by atoms with Crippen molar-refractivity contribution in [3.8, 4) is 17.6 Å². The summed E-state index contributed by atoms with van der Waals surface area (Å²) in [6.07, 6.45) is 0. The van der Waals surface area contributed by atoms with Crippen LogP contribution in [0.15, 0.2) is 64.8 Å². The minimum Gasteiger partial charge on any atom is -0.497 e. The van der Waals surface area contributed by atoms with E-state index in [0.717, 1.165) is 11.1 Å². The van der Waals surface area contributed by atoms with Crippen molar-refractivity contribution >= 4 is 23.2 Å². The Bertz CT molecular complexity index is 1340. The summed E-state index contributed by atoms with van der Waals surface area (Å²) in [5, 5.41) is 10.8. The van der Waals surface area contributed by atoms with Crippen LogP contribution in [0, 0.1) is 18.3 Å². The van der Waals surface area contributed by atoms with E-state index in [1.807, 2.05) is 12.1 Å². The number of hydrogen-bond donors (Lipinski definition) is 1. The molecule has 0 amide bonds. The lowest BCUT2D eigenvalue weighted by Gasteiger charge is -2.27. The van der Waals surface area contributed by atoms with Gasteiger partial charge in [0, 0.05) is 21.8 Å². The van der Waals surface area contributed by atoms with Gasteiger partial charge in [-0.3, -0.25) is 4.79 Å². The first kappa shape index (κ1) is 21.8. The molecule has 2 heterocycles. The van der Waals surface area contributed by atoms with Gasteiger partial charge in [0.05, 0.1) is 25.1 Å². The van der Waals surface area contributed by atoms with Crippen LogP contribution in [0.4, 0.5) is 0 Å². The average Bonchev–Trinajstić information content (AvgIpc) is 2.77. The molecule has 8 heteroatoms. The van der Waals surface area contributed by atoms with Crippen LogP contribution in [0.1, 0.15) is 28.3 Å². The molecule has 0 bridgehead atoms. The number of ether oxygens (including phenoxy) is 2. The quantitative estimate of drug-likeness (QED) is 0.598. The molecule has 0 aliphatic carbocycles. The van der Waals surface area contributed by atoms with Crippen LogP contribution in [-0.4, -0.2) is 11.7 Å². The fraction of sp³-hybridized carbons (Fsp3) is 0.167. The molecule has 0 saturated heterocycles. The highest BCUT2D eigenvalue weighted by atomic mass is 35.5. The molecule has 1 aromatic heterocycles. The summed E-state index contributed by atoms with van der Waals surface area (Å²) in [5.41, 5.74) is 8.44. The lowest BCUT2D eigenvalue weighted by Crippen LogP contribution is -2.33. The summed E-state index contributed by atoms with van der Waals surface area (Å²) in [6, 6.07) is 16.2. The summed E-state index contributed by atoms with van der Waals surface area (Å²) in [4.78, 5) is 13.7. The molecule has 0 saturated carbocycles. The van der Waals surface area contributed by atoms with Crippen molar-refractivity contribution in [2.45, 2.75) is 19.4 Å². The van der Waals surface area contributed by atoms with Gasteiger partial charge in [-0.05, 0) is 42.3 Å². The summed E-state index contributed by atoms with van der Waals surface area (Å²) in [5.74, 6) is 0.311. The van der Waals surface area contributed by atoms with Crippen molar-refractivity contribution in [2.24, 2.45) is 5.73 Å². The van der Waals surface area contributed by atoms with Crippen LogP contribution in [0.3, 0.4) is 0 Å². The van der Waals surface area contributed by atoms with Gasteiger partial charge < -0.3 is 19.8 Å². The van der Waals surface area contributed by atoms with Crippen LogP contribution >= 0.6 is 23.2 Å². The SMILES string of the molecule is COc1ccc([C@H]2C(C#N)=C(N)Oc3cc(C)n(Cc4ccc(Cl)cc4Cl)c(=O)c32)cc1. The number of rotatable bonds is 4. The second kappa shape index (κ2) is 8.62. The van der Waals surface area contributed by atoms with Gasteiger partial charge >= 0.3 is 0 Å². The van der Waals surface area contributed by atoms with Crippen molar-refractivity contribution in [1.29, 1.82) is 5.26 Å². The van der Waals surface area contributed by atoms with Crippen LogP contribution in [0.2, 0.25) is 10.0 Å². The van der Waals surface area contributed by atoms with Crippen molar-refractivity contribution in [3.05, 3.63) is 103 Å². The maximum Gasteiger partial charge on any atom is 0.259 e. The topological polar surface area (TPSA) is 90.3 Å². The number of benzene rings is 2. The summed E-state index contributed by atoms with van der Waals surface area (Å²) >= 11 is 12.3. The highest BCUT2D eigenvalue weighted by Crippen LogP contribution is 2.41. The number of nitrogens with two attached hydrogens (primary N) is 1. The van der Waals surface area contributed by atoms with Gasteiger partial charge in [0.15, 0.2) is 0 Å². The first-order valence-corrected chi connectivity index (χ1v) is 10.5. The third-order valence-corrected chi connectivity index (χ3v) is 6.07. The van der Waals surface area contributed by atoms with Crippen LogP contribution < -0.4 is 20.8 Å². The summed E-state index contributed by atoms with van der Waals surface area (Å²) in [7, 11) is 1.57. The molecule has 0 spiro atoms. The van der Waals surface area contributed by atoms with E-state index in [1.165, 1.54) is 0 Å². The van der Waals surface area contributed by atoms with Gasteiger partial charge in [-0.1, -0.05) is 41.4 Å². The third kappa shape index (κ3) is 3.81. The molecule has 2 N–H and O–H groups in total. The molecule has 1 aliphatic rings. The lowest BCUT2D eigenvalue weighted by molar-refractivity contribution is 0.388. The van der Waals surface area contributed by atoms with E-state index < -0.39 is 5.92 Å². The average molecular weight is 468 g/mol. The Labute approximate surface area is 195 Å². The summed E-state index contributed by atoms with van der Waals surface area (Å²) in [6.45, 7) is 2.04. The molecule has 1 atom stereocenters. The number of nitrogens with zero attached hydrogens (tertiary/aromatic N) is 2. The number of nitriles is 1.